The van der Waals surface area contributed by atoms with Gasteiger partial charge in [0.05, 0.1) is 0 Å². The molecule has 0 heterocycles. The minimum Gasteiger partial charge on any atom is -0.399 e. The summed E-state index contributed by atoms with van der Waals surface area (Å²) in [5.41, 5.74) is 7.42. The molecule has 1 amide bonds. The molecule has 0 radical (unpaired) electrons. The van der Waals surface area contributed by atoms with Crippen LogP contribution in [-0.4, -0.2) is 5.91 Å². The Morgan fingerprint density at radius 3 is 2.62 bits per heavy atom. The molecule has 88 valence electrons. The standard InChI is InChI=1S/C13H20N2O/c1-9(2)10(3)13(16)15-8-11-5-4-6-12(14)7-11/h4-7,9-10H,8,14H2,1-3H3,(H,15,16). The van der Waals surface area contributed by atoms with E-state index >= 15 is 0 Å². The van der Waals surface area contributed by atoms with Crippen LogP contribution in [0.4, 0.5) is 5.69 Å². The lowest BCUT2D eigenvalue weighted by molar-refractivity contribution is -0.125. The smallest absolute Gasteiger partial charge is 0.223 e. The molecule has 1 aromatic rings. The van der Waals surface area contributed by atoms with Crippen LogP contribution >= 0.6 is 0 Å². The van der Waals surface area contributed by atoms with E-state index < -0.39 is 0 Å². The van der Waals surface area contributed by atoms with E-state index in [0.29, 0.717) is 12.5 Å². The molecule has 3 nitrogen and oxygen atoms in total. The molecule has 1 unspecified atom stereocenters. The molecule has 0 saturated carbocycles. The zero-order chi connectivity index (χ0) is 12.1. The van der Waals surface area contributed by atoms with Gasteiger partial charge in [-0.25, -0.2) is 0 Å². The number of hydrogen-bond acceptors (Lipinski definition) is 2. The Morgan fingerprint density at radius 2 is 2.06 bits per heavy atom. The number of hydrogen-bond donors (Lipinski definition) is 2. The quantitative estimate of drug-likeness (QED) is 0.764. The number of nitrogens with two attached hydrogens (primary N) is 1. The molecular formula is C13H20N2O. The van der Waals surface area contributed by atoms with Crippen LogP contribution in [0.3, 0.4) is 0 Å². The maximum absolute atomic E-state index is 11.7. The van der Waals surface area contributed by atoms with Gasteiger partial charge in [-0.1, -0.05) is 32.9 Å². The van der Waals surface area contributed by atoms with Gasteiger partial charge in [-0.15, -0.1) is 0 Å². The lowest BCUT2D eigenvalue weighted by Crippen LogP contribution is -2.31. The Morgan fingerprint density at radius 1 is 1.38 bits per heavy atom. The highest BCUT2D eigenvalue weighted by Crippen LogP contribution is 2.10. The second-order valence-electron chi connectivity index (χ2n) is 4.50. The average Bonchev–Trinajstić information content (AvgIpc) is 2.24. The molecule has 0 spiro atoms. The molecule has 1 atom stereocenters. The summed E-state index contributed by atoms with van der Waals surface area (Å²) in [6.45, 7) is 6.58. The zero-order valence-corrected chi connectivity index (χ0v) is 10.2. The summed E-state index contributed by atoms with van der Waals surface area (Å²) >= 11 is 0. The van der Waals surface area contributed by atoms with Crippen molar-refractivity contribution in [1.29, 1.82) is 0 Å². The summed E-state index contributed by atoms with van der Waals surface area (Å²) in [6.07, 6.45) is 0. The highest BCUT2D eigenvalue weighted by atomic mass is 16.1. The first-order valence-corrected chi connectivity index (χ1v) is 5.63. The van der Waals surface area contributed by atoms with Crippen molar-refractivity contribution in [3.05, 3.63) is 29.8 Å². The van der Waals surface area contributed by atoms with Crippen molar-refractivity contribution in [2.24, 2.45) is 11.8 Å². The molecule has 0 aliphatic rings. The van der Waals surface area contributed by atoms with Crippen molar-refractivity contribution in [3.8, 4) is 0 Å². The largest absolute Gasteiger partial charge is 0.399 e. The summed E-state index contributed by atoms with van der Waals surface area (Å²) in [4.78, 5) is 11.7. The first-order valence-electron chi connectivity index (χ1n) is 5.63. The molecule has 3 N–H and O–H groups in total. The second kappa shape index (κ2) is 5.54. The third kappa shape index (κ3) is 3.57. The lowest BCUT2D eigenvalue weighted by Gasteiger charge is -2.15. The molecule has 0 aliphatic heterocycles. The number of anilines is 1. The van der Waals surface area contributed by atoms with Gasteiger partial charge in [0.2, 0.25) is 5.91 Å². The highest BCUT2D eigenvalue weighted by molar-refractivity contribution is 5.78. The molecular weight excluding hydrogens is 200 g/mol. The monoisotopic (exact) mass is 220 g/mol. The Kier molecular flexibility index (Phi) is 4.35. The number of carbonyl (C=O) groups excluding carboxylic acids is 1. The van der Waals surface area contributed by atoms with E-state index in [1.807, 2.05) is 45.0 Å². The lowest BCUT2D eigenvalue weighted by atomic mass is 9.97. The summed E-state index contributed by atoms with van der Waals surface area (Å²) in [5, 5.41) is 2.91. The normalized spacial score (nSPS) is 12.5. The van der Waals surface area contributed by atoms with Gasteiger partial charge >= 0.3 is 0 Å². The van der Waals surface area contributed by atoms with Crippen LogP contribution in [0.2, 0.25) is 0 Å². The van der Waals surface area contributed by atoms with Crippen molar-refractivity contribution in [2.75, 3.05) is 5.73 Å². The predicted octanol–water partition coefficient (Wildman–Crippen LogP) is 2.18. The number of carbonyl (C=O) groups is 1. The van der Waals surface area contributed by atoms with E-state index in [4.69, 9.17) is 5.73 Å². The van der Waals surface area contributed by atoms with Gasteiger partial charge in [0.15, 0.2) is 0 Å². The van der Waals surface area contributed by atoms with Crippen LogP contribution in [0.15, 0.2) is 24.3 Å². The Balaban J connectivity index is 2.49. The summed E-state index contributed by atoms with van der Waals surface area (Å²) in [6, 6.07) is 7.56. The molecule has 1 aromatic carbocycles. The maximum atomic E-state index is 11.7. The van der Waals surface area contributed by atoms with Gasteiger partial charge in [-0.3, -0.25) is 4.79 Å². The van der Waals surface area contributed by atoms with Crippen molar-refractivity contribution >= 4 is 11.6 Å². The van der Waals surface area contributed by atoms with Crippen LogP contribution in [-0.2, 0) is 11.3 Å². The van der Waals surface area contributed by atoms with Crippen LogP contribution in [0.25, 0.3) is 0 Å². The summed E-state index contributed by atoms with van der Waals surface area (Å²) in [5.74, 6) is 0.499. The molecule has 3 heteroatoms. The summed E-state index contributed by atoms with van der Waals surface area (Å²) in [7, 11) is 0. The Bertz CT molecular complexity index is 361. The van der Waals surface area contributed by atoms with Gasteiger partial charge in [0.1, 0.15) is 0 Å². The number of benzene rings is 1. The number of nitrogen functional groups attached to an aromatic ring is 1. The number of amides is 1. The van der Waals surface area contributed by atoms with E-state index in [1.54, 1.807) is 0 Å². The fourth-order valence-corrected chi connectivity index (χ4v) is 1.36. The molecule has 0 aliphatic carbocycles. The summed E-state index contributed by atoms with van der Waals surface area (Å²) < 4.78 is 0. The maximum Gasteiger partial charge on any atom is 0.223 e. The van der Waals surface area contributed by atoms with E-state index in [-0.39, 0.29) is 11.8 Å². The van der Waals surface area contributed by atoms with Gasteiger partial charge in [-0.2, -0.15) is 0 Å². The first-order chi connectivity index (χ1) is 7.50. The first kappa shape index (κ1) is 12.6. The molecule has 0 aromatic heterocycles. The van der Waals surface area contributed by atoms with E-state index in [9.17, 15) is 4.79 Å². The average molecular weight is 220 g/mol. The topological polar surface area (TPSA) is 55.1 Å². The molecule has 1 rings (SSSR count). The van der Waals surface area contributed by atoms with Crippen molar-refractivity contribution < 1.29 is 4.79 Å². The van der Waals surface area contributed by atoms with Crippen LogP contribution < -0.4 is 11.1 Å². The third-order valence-corrected chi connectivity index (χ3v) is 2.83. The van der Waals surface area contributed by atoms with E-state index in [0.717, 1.165) is 11.3 Å². The highest BCUT2D eigenvalue weighted by Gasteiger charge is 2.15. The number of nitrogens with one attached hydrogen (secondary N) is 1. The van der Waals surface area contributed by atoms with Crippen molar-refractivity contribution in [1.82, 2.24) is 5.32 Å². The third-order valence-electron chi connectivity index (χ3n) is 2.83. The van der Waals surface area contributed by atoms with Crippen molar-refractivity contribution in [3.63, 3.8) is 0 Å². The van der Waals surface area contributed by atoms with E-state index in [2.05, 4.69) is 5.32 Å². The predicted molar refractivity (Wildman–Crippen MR) is 66.7 cm³/mol. The van der Waals surface area contributed by atoms with Crippen LogP contribution in [0.1, 0.15) is 26.3 Å². The Labute approximate surface area is 97.0 Å². The SMILES string of the molecule is CC(C)C(C)C(=O)NCc1cccc(N)c1. The Hall–Kier alpha value is -1.51. The molecule has 0 saturated heterocycles. The number of rotatable bonds is 4. The van der Waals surface area contributed by atoms with Gasteiger partial charge in [0.25, 0.3) is 0 Å². The molecule has 0 fully saturated rings. The van der Waals surface area contributed by atoms with Gasteiger partial charge in [0, 0.05) is 18.2 Å². The second-order valence-corrected chi connectivity index (χ2v) is 4.50. The molecule has 0 bridgehead atoms. The zero-order valence-electron chi connectivity index (χ0n) is 10.2. The minimum absolute atomic E-state index is 0.0426. The minimum atomic E-state index is 0.0426. The van der Waals surface area contributed by atoms with Gasteiger partial charge < -0.3 is 11.1 Å². The van der Waals surface area contributed by atoms with Gasteiger partial charge in [-0.05, 0) is 23.6 Å². The molecule has 16 heavy (non-hydrogen) atoms. The van der Waals surface area contributed by atoms with Crippen LogP contribution in [0, 0.1) is 11.8 Å². The fraction of sp³-hybridized carbons (Fsp3) is 0.462. The van der Waals surface area contributed by atoms with Crippen molar-refractivity contribution in [2.45, 2.75) is 27.3 Å². The van der Waals surface area contributed by atoms with Crippen LogP contribution in [0.5, 0.6) is 0 Å². The van der Waals surface area contributed by atoms with E-state index in [1.165, 1.54) is 0 Å². The fourth-order valence-electron chi connectivity index (χ4n) is 1.36.